The molecule has 11 heteroatoms. The number of rotatable bonds is 12. The van der Waals surface area contributed by atoms with Crippen LogP contribution in [0.2, 0.25) is 0 Å². The van der Waals surface area contributed by atoms with Crippen molar-refractivity contribution in [1.82, 2.24) is 14.6 Å². The van der Waals surface area contributed by atoms with E-state index in [1.54, 1.807) is 20.8 Å². The predicted molar refractivity (Wildman–Crippen MR) is 111 cm³/mol. The quantitative estimate of drug-likeness (QED) is 0.258. The van der Waals surface area contributed by atoms with E-state index in [0.29, 0.717) is 6.42 Å². The Morgan fingerprint density at radius 3 is 2.52 bits per heavy atom. The molecule has 3 N–H and O–H groups in total. The van der Waals surface area contributed by atoms with Gasteiger partial charge in [-0.15, -0.1) is 0 Å². The summed E-state index contributed by atoms with van der Waals surface area (Å²) in [5, 5.41) is 2.73. The van der Waals surface area contributed by atoms with Crippen molar-refractivity contribution in [3.05, 3.63) is 33.1 Å². The molecule has 0 spiro atoms. The van der Waals surface area contributed by atoms with Crippen LogP contribution in [0.1, 0.15) is 54.2 Å². The molecule has 3 atom stereocenters. The molecule has 29 heavy (non-hydrogen) atoms. The third-order valence-corrected chi connectivity index (χ3v) is 4.42. The maximum atomic E-state index is 11.8. The van der Waals surface area contributed by atoms with E-state index in [0.717, 1.165) is 0 Å². The van der Waals surface area contributed by atoms with Crippen LogP contribution >= 0.6 is 8.53 Å². The number of H-pyrrole nitrogens is 1. The molecule has 0 radical (unpaired) electrons. The van der Waals surface area contributed by atoms with Gasteiger partial charge in [0.1, 0.15) is 12.8 Å². The zero-order valence-corrected chi connectivity index (χ0v) is 18.9. The summed E-state index contributed by atoms with van der Waals surface area (Å²) in [4.78, 5) is 46.2. The van der Waals surface area contributed by atoms with Crippen LogP contribution in [0, 0.1) is 5.92 Å². The smallest absolute Gasteiger partial charge is 0.330 e. The first-order chi connectivity index (χ1) is 13.7. The van der Waals surface area contributed by atoms with Crippen LogP contribution in [-0.2, 0) is 18.8 Å². The second-order valence-corrected chi connectivity index (χ2v) is 7.20. The van der Waals surface area contributed by atoms with Crippen LogP contribution in [0.4, 0.5) is 0 Å². The van der Waals surface area contributed by atoms with Crippen molar-refractivity contribution in [2.45, 2.75) is 60.3 Å². The van der Waals surface area contributed by atoms with E-state index in [1.165, 1.54) is 16.8 Å². The first-order valence-corrected chi connectivity index (χ1v) is 10.9. The fourth-order valence-electron chi connectivity index (χ4n) is 1.97. The number of hydrogen-bond donors (Lipinski definition) is 3. The van der Waals surface area contributed by atoms with Crippen molar-refractivity contribution in [3.8, 4) is 0 Å². The van der Waals surface area contributed by atoms with Gasteiger partial charge in [-0.2, -0.15) is 0 Å². The number of esters is 1. The summed E-state index contributed by atoms with van der Waals surface area (Å²) in [6.45, 7) is 11.6. The molecule has 3 unspecified atom stereocenters. The Labute approximate surface area is 172 Å². The number of carbonyl (C=O) groups is 1. The molecule has 1 aromatic rings. The molecule has 0 saturated carbocycles. The molecule has 0 aliphatic carbocycles. The topological polar surface area (TPSA) is 132 Å². The summed E-state index contributed by atoms with van der Waals surface area (Å²) in [5.74, 6) is -0.498. The minimum atomic E-state index is -1.89. The van der Waals surface area contributed by atoms with Crippen molar-refractivity contribution in [3.63, 3.8) is 0 Å². The number of nitrogens with one attached hydrogen (secondary N) is 2. The zero-order valence-electron chi connectivity index (χ0n) is 18.0. The maximum Gasteiger partial charge on any atom is 0.330 e. The fraction of sp³-hybridized carbons (Fsp3) is 0.722. The summed E-state index contributed by atoms with van der Waals surface area (Å²) in [7, 11) is -1.89. The number of ether oxygens (including phenoxy) is 2. The Kier molecular flexibility index (Phi) is 14.5. The number of aromatic nitrogens is 2. The average molecular weight is 435 g/mol. The highest BCUT2D eigenvalue weighted by Gasteiger charge is 2.17. The second-order valence-electron chi connectivity index (χ2n) is 6.08. The molecule has 0 amide bonds. The SMILES string of the molecule is CC.CCC(COP(O)NCCOC(=O)C(C)C)OC(C)n1ccc(=O)[nH]c1=O. The average Bonchev–Trinajstić information content (AvgIpc) is 2.69. The third-order valence-electron chi connectivity index (χ3n) is 3.54. The van der Waals surface area contributed by atoms with Crippen molar-refractivity contribution in [1.29, 1.82) is 0 Å². The van der Waals surface area contributed by atoms with Gasteiger partial charge in [0, 0.05) is 18.8 Å². The predicted octanol–water partition coefficient (Wildman–Crippen LogP) is 1.90. The molecular formula is C18H34N3O7P. The minimum Gasteiger partial charge on any atom is -0.464 e. The Balaban J connectivity index is 0.00000379. The first kappa shape index (κ1) is 27.4. The summed E-state index contributed by atoms with van der Waals surface area (Å²) in [5.41, 5.74) is -1.04. The second kappa shape index (κ2) is 15.3. The van der Waals surface area contributed by atoms with Gasteiger partial charge in [0.25, 0.3) is 14.1 Å². The van der Waals surface area contributed by atoms with E-state index in [2.05, 4.69) is 10.1 Å². The molecule has 0 fully saturated rings. The number of aromatic amines is 1. The number of nitrogens with zero attached hydrogens (tertiary/aromatic N) is 1. The summed E-state index contributed by atoms with van der Waals surface area (Å²) in [6.07, 6.45) is 0.975. The first-order valence-electron chi connectivity index (χ1n) is 9.73. The molecule has 0 aromatic carbocycles. The molecule has 1 rings (SSSR count). The highest BCUT2D eigenvalue weighted by Crippen LogP contribution is 2.26. The van der Waals surface area contributed by atoms with Crippen LogP contribution < -0.4 is 16.3 Å². The molecule has 1 heterocycles. The minimum absolute atomic E-state index is 0.111. The van der Waals surface area contributed by atoms with Gasteiger partial charge >= 0.3 is 11.7 Å². The zero-order chi connectivity index (χ0) is 22.4. The van der Waals surface area contributed by atoms with E-state index in [-0.39, 0.29) is 37.7 Å². The lowest BCUT2D eigenvalue weighted by atomic mass is 10.2. The Bertz CT molecular complexity index is 693. The van der Waals surface area contributed by atoms with Gasteiger partial charge in [-0.05, 0) is 13.3 Å². The van der Waals surface area contributed by atoms with Gasteiger partial charge in [0.05, 0.1) is 18.6 Å². The largest absolute Gasteiger partial charge is 0.464 e. The lowest BCUT2D eigenvalue weighted by Gasteiger charge is -2.23. The van der Waals surface area contributed by atoms with Gasteiger partial charge < -0.3 is 18.9 Å². The molecule has 1 aromatic heterocycles. The van der Waals surface area contributed by atoms with Crippen molar-refractivity contribution in [2.75, 3.05) is 19.8 Å². The van der Waals surface area contributed by atoms with E-state index >= 15 is 0 Å². The fourth-order valence-corrected chi connectivity index (χ4v) is 2.65. The van der Waals surface area contributed by atoms with E-state index in [4.69, 9.17) is 14.0 Å². The van der Waals surface area contributed by atoms with Crippen LogP contribution in [-0.4, -0.2) is 46.3 Å². The van der Waals surface area contributed by atoms with Gasteiger partial charge in [-0.25, -0.2) is 9.88 Å². The summed E-state index contributed by atoms with van der Waals surface area (Å²) >= 11 is 0. The Morgan fingerprint density at radius 1 is 1.31 bits per heavy atom. The van der Waals surface area contributed by atoms with Crippen molar-refractivity contribution in [2.24, 2.45) is 5.92 Å². The third kappa shape index (κ3) is 11.3. The lowest BCUT2D eigenvalue weighted by molar-refractivity contribution is -0.147. The van der Waals surface area contributed by atoms with E-state index in [9.17, 15) is 19.3 Å². The molecular weight excluding hydrogens is 401 g/mol. The molecule has 0 aliphatic heterocycles. The monoisotopic (exact) mass is 435 g/mol. The van der Waals surface area contributed by atoms with E-state index in [1.807, 2.05) is 20.8 Å². The number of hydrogen-bond acceptors (Lipinski definition) is 8. The van der Waals surface area contributed by atoms with Crippen LogP contribution in [0.5, 0.6) is 0 Å². The van der Waals surface area contributed by atoms with Crippen molar-refractivity contribution < 1.29 is 23.7 Å². The van der Waals surface area contributed by atoms with Gasteiger partial charge in [0.15, 0.2) is 0 Å². The molecule has 10 nitrogen and oxygen atoms in total. The highest BCUT2D eigenvalue weighted by atomic mass is 31.2. The van der Waals surface area contributed by atoms with Crippen LogP contribution in [0.3, 0.4) is 0 Å². The maximum absolute atomic E-state index is 11.8. The van der Waals surface area contributed by atoms with Gasteiger partial charge in [0.2, 0.25) is 0 Å². The van der Waals surface area contributed by atoms with Crippen LogP contribution in [0.15, 0.2) is 21.9 Å². The summed E-state index contributed by atoms with van der Waals surface area (Å²) in [6, 6.07) is 1.24. The molecule has 0 aliphatic rings. The van der Waals surface area contributed by atoms with Crippen molar-refractivity contribution >= 4 is 14.5 Å². The number of carbonyl (C=O) groups excluding carboxylic acids is 1. The molecule has 0 bridgehead atoms. The Morgan fingerprint density at radius 2 is 1.97 bits per heavy atom. The molecule has 168 valence electrons. The van der Waals surface area contributed by atoms with E-state index < -0.39 is 26.0 Å². The Hall–Kier alpha value is -1.58. The lowest BCUT2D eigenvalue weighted by Crippen LogP contribution is -2.33. The normalized spacial score (nSPS) is 13.9. The van der Waals surface area contributed by atoms with Gasteiger partial charge in [-0.3, -0.25) is 19.1 Å². The highest BCUT2D eigenvalue weighted by molar-refractivity contribution is 7.43. The molecule has 0 saturated heterocycles. The summed E-state index contributed by atoms with van der Waals surface area (Å²) < 4.78 is 17.3. The standard InChI is InChI=1S/C16H28N3O7P.C2H6/c1-5-13(26-12(4)19-8-6-14(20)18-16(19)22)10-25-27(23)17-7-9-24-15(21)11(2)3;1-2/h6,8,11-13,17,23H,5,7,9-10H2,1-4H3,(H,18,20,22);1-2H3. The van der Waals surface area contributed by atoms with Crippen LogP contribution in [0.25, 0.3) is 0 Å². The van der Waals surface area contributed by atoms with Gasteiger partial charge in [-0.1, -0.05) is 34.6 Å².